The molecule has 2 amide bonds. The molecular formula is C27H33N5O3. The van der Waals surface area contributed by atoms with Gasteiger partial charge in [-0.05, 0) is 35.2 Å². The Morgan fingerprint density at radius 1 is 0.943 bits per heavy atom. The fourth-order valence-corrected chi connectivity index (χ4v) is 5.58. The molecule has 8 nitrogen and oxygen atoms in total. The highest BCUT2D eigenvalue weighted by molar-refractivity contribution is 5.97. The van der Waals surface area contributed by atoms with Crippen molar-refractivity contribution in [2.45, 2.75) is 40.0 Å². The number of hydrogen-bond acceptors (Lipinski definition) is 5. The number of aromatic amines is 1. The molecule has 0 unspecified atom stereocenters. The summed E-state index contributed by atoms with van der Waals surface area (Å²) in [5.41, 5.74) is 2.68. The smallest absolute Gasteiger partial charge is 0.260 e. The lowest BCUT2D eigenvalue weighted by Gasteiger charge is -2.29. The lowest BCUT2D eigenvalue weighted by Crippen LogP contribution is -2.39. The molecule has 0 spiro atoms. The summed E-state index contributed by atoms with van der Waals surface area (Å²) in [5, 5.41) is 10.7. The molecule has 2 fully saturated rings. The van der Waals surface area contributed by atoms with E-state index < -0.39 is 0 Å². The van der Waals surface area contributed by atoms with Crippen LogP contribution in [0.3, 0.4) is 0 Å². The van der Waals surface area contributed by atoms with Gasteiger partial charge in [-0.15, -0.1) is 0 Å². The zero-order valence-corrected chi connectivity index (χ0v) is 21.1. The van der Waals surface area contributed by atoms with Crippen LogP contribution in [0.5, 0.6) is 5.75 Å². The molecule has 2 saturated heterocycles. The predicted octanol–water partition coefficient (Wildman–Crippen LogP) is 3.65. The number of nitrogens with one attached hydrogen (secondary N) is 1. The van der Waals surface area contributed by atoms with Crippen molar-refractivity contribution in [1.82, 2.24) is 25.2 Å². The Labute approximate surface area is 205 Å². The molecule has 35 heavy (non-hydrogen) atoms. The van der Waals surface area contributed by atoms with E-state index in [1.807, 2.05) is 40.1 Å². The molecule has 8 heteroatoms. The predicted molar refractivity (Wildman–Crippen MR) is 133 cm³/mol. The van der Waals surface area contributed by atoms with Crippen molar-refractivity contribution < 1.29 is 14.3 Å². The van der Waals surface area contributed by atoms with Crippen molar-refractivity contribution >= 4 is 22.8 Å². The molecule has 184 valence electrons. The van der Waals surface area contributed by atoms with Crippen molar-refractivity contribution in [2.24, 2.45) is 10.8 Å². The van der Waals surface area contributed by atoms with Gasteiger partial charge in [-0.1, -0.05) is 52.8 Å². The maximum absolute atomic E-state index is 13.3. The van der Waals surface area contributed by atoms with Gasteiger partial charge in [0.15, 0.2) is 6.61 Å². The Hall–Kier alpha value is -3.42. The minimum Gasteiger partial charge on any atom is -0.483 e. The number of benzene rings is 2. The van der Waals surface area contributed by atoms with E-state index in [1.54, 1.807) is 12.1 Å². The monoisotopic (exact) mass is 475 g/mol. The van der Waals surface area contributed by atoms with E-state index in [0.717, 1.165) is 16.8 Å². The van der Waals surface area contributed by atoms with Crippen LogP contribution in [-0.4, -0.2) is 69.8 Å². The Kier molecular flexibility index (Phi) is 5.38. The van der Waals surface area contributed by atoms with E-state index >= 15 is 0 Å². The highest BCUT2D eigenvalue weighted by Gasteiger charge is 2.59. The lowest BCUT2D eigenvalue weighted by molar-refractivity contribution is -0.133. The second-order valence-corrected chi connectivity index (χ2v) is 11.6. The highest BCUT2D eigenvalue weighted by atomic mass is 16.5. The number of carbonyl (C=O) groups is 2. The molecule has 2 aliphatic heterocycles. The summed E-state index contributed by atoms with van der Waals surface area (Å²) >= 11 is 0. The summed E-state index contributed by atoms with van der Waals surface area (Å²) in [4.78, 5) is 30.2. The molecule has 0 saturated carbocycles. The van der Waals surface area contributed by atoms with E-state index in [2.05, 4.69) is 50.0 Å². The molecule has 1 aromatic heterocycles. The Morgan fingerprint density at radius 2 is 1.57 bits per heavy atom. The van der Waals surface area contributed by atoms with Crippen LogP contribution in [0.25, 0.3) is 11.0 Å². The highest BCUT2D eigenvalue weighted by Crippen LogP contribution is 2.51. The number of aromatic nitrogens is 3. The van der Waals surface area contributed by atoms with Crippen LogP contribution in [0.2, 0.25) is 0 Å². The van der Waals surface area contributed by atoms with Gasteiger partial charge in [0, 0.05) is 42.6 Å². The zero-order chi connectivity index (χ0) is 25.0. The normalized spacial score (nSPS) is 24.1. The molecule has 2 atom stereocenters. The molecule has 0 radical (unpaired) electrons. The van der Waals surface area contributed by atoms with E-state index in [0.29, 0.717) is 37.3 Å². The number of nitrogens with zero attached hydrogens (tertiary/aromatic N) is 4. The summed E-state index contributed by atoms with van der Waals surface area (Å²) in [6.07, 6.45) is 0. The second kappa shape index (κ2) is 8.07. The van der Waals surface area contributed by atoms with Gasteiger partial charge in [-0.3, -0.25) is 9.59 Å². The van der Waals surface area contributed by atoms with Gasteiger partial charge in [0.05, 0.1) is 0 Å². The van der Waals surface area contributed by atoms with Crippen LogP contribution >= 0.6 is 0 Å². The largest absolute Gasteiger partial charge is 0.483 e. The molecule has 3 aromatic rings. The van der Waals surface area contributed by atoms with Gasteiger partial charge in [0.1, 0.15) is 16.8 Å². The van der Waals surface area contributed by atoms with Crippen LogP contribution in [0.15, 0.2) is 42.5 Å². The van der Waals surface area contributed by atoms with E-state index in [4.69, 9.17) is 4.74 Å². The van der Waals surface area contributed by atoms with Crippen molar-refractivity contribution in [3.05, 3.63) is 53.6 Å². The first-order chi connectivity index (χ1) is 16.5. The summed E-state index contributed by atoms with van der Waals surface area (Å²) in [5.74, 6) is 0.734. The third kappa shape index (κ3) is 4.05. The summed E-state index contributed by atoms with van der Waals surface area (Å²) in [6.45, 7) is 13.2. The molecule has 5 rings (SSSR count). The molecule has 1 N–H and O–H groups in total. The summed E-state index contributed by atoms with van der Waals surface area (Å²) in [6, 6.07) is 13.3. The van der Waals surface area contributed by atoms with Crippen LogP contribution in [0.1, 0.15) is 50.5 Å². The molecule has 0 bridgehead atoms. The molecule has 2 aliphatic rings. The van der Waals surface area contributed by atoms with Gasteiger partial charge in [-0.2, -0.15) is 15.4 Å². The first-order valence-corrected chi connectivity index (χ1v) is 12.1. The number of hydrogen-bond donors (Lipinski definition) is 1. The maximum Gasteiger partial charge on any atom is 0.260 e. The quantitative estimate of drug-likeness (QED) is 0.622. The fourth-order valence-electron chi connectivity index (χ4n) is 5.58. The first kappa shape index (κ1) is 23.3. The Morgan fingerprint density at radius 3 is 2.26 bits per heavy atom. The maximum atomic E-state index is 13.3. The van der Waals surface area contributed by atoms with Crippen LogP contribution in [-0.2, 0) is 10.2 Å². The molecular weight excluding hydrogens is 442 g/mol. The number of fused-ring (bicyclic) bond motifs is 2. The number of ether oxygens (including phenoxy) is 1. The average molecular weight is 476 g/mol. The number of likely N-dealkylation sites (tertiary alicyclic amines) is 2. The second-order valence-electron chi connectivity index (χ2n) is 11.6. The molecule has 2 aromatic carbocycles. The van der Waals surface area contributed by atoms with Crippen LogP contribution in [0, 0.1) is 10.8 Å². The van der Waals surface area contributed by atoms with Crippen molar-refractivity contribution in [3.63, 3.8) is 0 Å². The summed E-state index contributed by atoms with van der Waals surface area (Å²) in [7, 11) is 0. The molecule has 3 heterocycles. The topological polar surface area (TPSA) is 91.4 Å². The Bertz CT molecular complexity index is 1280. The van der Waals surface area contributed by atoms with Gasteiger partial charge in [0.25, 0.3) is 11.8 Å². The zero-order valence-electron chi connectivity index (χ0n) is 21.1. The number of para-hydroxylation sites is 1. The van der Waals surface area contributed by atoms with Gasteiger partial charge in [-0.25, -0.2) is 0 Å². The number of carbonyl (C=O) groups excluding carboxylic acids is 2. The minimum absolute atomic E-state index is 0.00764. The lowest BCUT2D eigenvalue weighted by atomic mass is 9.71. The van der Waals surface area contributed by atoms with E-state index in [9.17, 15) is 9.59 Å². The van der Waals surface area contributed by atoms with E-state index in [1.165, 1.54) is 0 Å². The number of rotatable bonds is 4. The van der Waals surface area contributed by atoms with Crippen molar-refractivity contribution in [3.8, 4) is 5.75 Å². The third-order valence-corrected chi connectivity index (χ3v) is 7.87. The fraction of sp³-hybridized carbons (Fsp3) is 0.481. The van der Waals surface area contributed by atoms with Crippen molar-refractivity contribution in [1.29, 1.82) is 0 Å². The number of H-pyrrole nitrogens is 1. The Balaban J connectivity index is 1.25. The number of amides is 2. The first-order valence-electron chi connectivity index (χ1n) is 12.1. The van der Waals surface area contributed by atoms with Crippen LogP contribution < -0.4 is 4.74 Å². The minimum atomic E-state index is -0.181. The average Bonchev–Trinajstić information content (AvgIpc) is 3.44. The van der Waals surface area contributed by atoms with Gasteiger partial charge < -0.3 is 14.5 Å². The SMILES string of the molecule is CC(C)(C)c1ccccc1OCC(=O)N1C[C@]2(C)CN(C(=O)c3ccc4n[nH]nc4c3)C[C@@]2(C)C1. The molecule has 0 aliphatic carbocycles. The van der Waals surface area contributed by atoms with Gasteiger partial charge in [0.2, 0.25) is 0 Å². The van der Waals surface area contributed by atoms with Gasteiger partial charge >= 0.3 is 0 Å². The third-order valence-electron chi connectivity index (χ3n) is 7.87. The summed E-state index contributed by atoms with van der Waals surface area (Å²) < 4.78 is 6.00. The van der Waals surface area contributed by atoms with Crippen LogP contribution in [0.4, 0.5) is 0 Å². The standard InChI is InChI=1S/C27H33N5O3/c1-25(2,3)19-8-6-7-9-22(19)35-13-23(33)31-14-26(4)16-32(17-27(26,5)15-31)24(34)18-10-11-20-21(12-18)29-30-28-20/h6-12H,13-17H2,1-5H3,(H,28,29,30)/t26-,27-/m1/s1. The van der Waals surface area contributed by atoms with Crippen molar-refractivity contribution in [2.75, 3.05) is 32.8 Å². The van der Waals surface area contributed by atoms with E-state index in [-0.39, 0.29) is 34.7 Å².